The van der Waals surface area contributed by atoms with Crippen LogP contribution in [0.1, 0.15) is 20.8 Å². The lowest BCUT2D eigenvalue weighted by atomic mass is 10.0. The molecule has 1 atom stereocenters. The SMILES string of the molecule is C=CCN(CC=C)C(CN=C(NCC)NCCN1CCOCC1)C(C)C.I. The summed E-state index contributed by atoms with van der Waals surface area (Å²) in [4.78, 5) is 9.65. The molecule has 1 aliphatic rings. The maximum atomic E-state index is 5.40. The number of rotatable bonds is 12. The van der Waals surface area contributed by atoms with Crippen LogP contribution in [-0.4, -0.2) is 87.4 Å². The van der Waals surface area contributed by atoms with Gasteiger partial charge in [0.2, 0.25) is 0 Å². The normalized spacial score (nSPS) is 16.7. The van der Waals surface area contributed by atoms with E-state index in [0.29, 0.717) is 12.0 Å². The van der Waals surface area contributed by atoms with Gasteiger partial charge in [-0.05, 0) is 12.8 Å². The van der Waals surface area contributed by atoms with Crippen LogP contribution in [0.25, 0.3) is 0 Å². The van der Waals surface area contributed by atoms with Gasteiger partial charge in [0, 0.05) is 51.9 Å². The molecular formula is C20H40IN5O. The van der Waals surface area contributed by atoms with Crippen LogP contribution in [0.15, 0.2) is 30.3 Å². The number of nitrogens with zero attached hydrogens (tertiary/aromatic N) is 3. The largest absolute Gasteiger partial charge is 0.379 e. The van der Waals surface area contributed by atoms with Crippen LogP contribution in [0.4, 0.5) is 0 Å². The number of nitrogens with one attached hydrogen (secondary N) is 2. The van der Waals surface area contributed by atoms with Crippen LogP contribution in [0, 0.1) is 5.92 Å². The number of ether oxygens (including phenoxy) is 1. The molecule has 27 heavy (non-hydrogen) atoms. The van der Waals surface area contributed by atoms with Crippen LogP contribution >= 0.6 is 24.0 Å². The summed E-state index contributed by atoms with van der Waals surface area (Å²) < 4.78 is 5.40. The summed E-state index contributed by atoms with van der Waals surface area (Å²) in [5.41, 5.74) is 0. The molecule has 6 nitrogen and oxygen atoms in total. The summed E-state index contributed by atoms with van der Waals surface area (Å²) in [5.74, 6) is 1.40. The number of morpholine rings is 1. The molecule has 2 N–H and O–H groups in total. The molecule has 1 unspecified atom stereocenters. The molecule has 1 fully saturated rings. The van der Waals surface area contributed by atoms with E-state index in [1.165, 1.54) is 0 Å². The molecule has 7 heteroatoms. The molecule has 0 aromatic heterocycles. The average molecular weight is 493 g/mol. The monoisotopic (exact) mass is 493 g/mol. The third-order valence-electron chi connectivity index (χ3n) is 4.57. The summed E-state index contributed by atoms with van der Waals surface area (Å²) in [6, 6.07) is 0.362. The van der Waals surface area contributed by atoms with Gasteiger partial charge in [-0.1, -0.05) is 26.0 Å². The Balaban J connectivity index is 0.00000676. The molecule has 0 bridgehead atoms. The highest BCUT2D eigenvalue weighted by molar-refractivity contribution is 14.0. The minimum Gasteiger partial charge on any atom is -0.379 e. The Kier molecular flexibility index (Phi) is 15.9. The van der Waals surface area contributed by atoms with E-state index in [4.69, 9.17) is 9.73 Å². The van der Waals surface area contributed by atoms with Crippen molar-refractivity contribution in [3.8, 4) is 0 Å². The summed E-state index contributed by atoms with van der Waals surface area (Å²) in [6.45, 7) is 23.3. The molecule has 0 aromatic carbocycles. The summed E-state index contributed by atoms with van der Waals surface area (Å²) in [5, 5.41) is 6.82. The Bertz CT molecular complexity index is 415. The van der Waals surface area contributed by atoms with Crippen LogP contribution in [0.5, 0.6) is 0 Å². The van der Waals surface area contributed by atoms with Gasteiger partial charge in [0.15, 0.2) is 5.96 Å². The van der Waals surface area contributed by atoms with Crippen molar-refractivity contribution in [3.05, 3.63) is 25.3 Å². The van der Waals surface area contributed by atoms with Gasteiger partial charge < -0.3 is 15.4 Å². The molecular weight excluding hydrogens is 453 g/mol. The zero-order valence-electron chi connectivity index (χ0n) is 17.5. The molecule has 0 amide bonds. The van der Waals surface area contributed by atoms with E-state index >= 15 is 0 Å². The highest BCUT2D eigenvalue weighted by Crippen LogP contribution is 2.11. The van der Waals surface area contributed by atoms with Gasteiger partial charge in [-0.25, -0.2) is 0 Å². The topological polar surface area (TPSA) is 52.1 Å². The van der Waals surface area contributed by atoms with E-state index in [1.807, 2.05) is 12.2 Å². The first-order chi connectivity index (χ1) is 12.6. The van der Waals surface area contributed by atoms with Crippen molar-refractivity contribution >= 4 is 29.9 Å². The third-order valence-corrected chi connectivity index (χ3v) is 4.57. The van der Waals surface area contributed by atoms with Crippen LogP contribution in [0.2, 0.25) is 0 Å². The van der Waals surface area contributed by atoms with Crippen molar-refractivity contribution in [1.29, 1.82) is 0 Å². The van der Waals surface area contributed by atoms with Crippen molar-refractivity contribution in [2.24, 2.45) is 10.9 Å². The number of hydrogen-bond acceptors (Lipinski definition) is 4. The van der Waals surface area contributed by atoms with E-state index in [2.05, 4.69) is 54.4 Å². The Hall–Kier alpha value is -0.640. The number of aliphatic imine (C=N–C) groups is 1. The van der Waals surface area contributed by atoms with Gasteiger partial charge in [-0.15, -0.1) is 37.1 Å². The second kappa shape index (κ2) is 16.3. The second-order valence-corrected chi connectivity index (χ2v) is 6.94. The Morgan fingerprint density at radius 1 is 1.19 bits per heavy atom. The quantitative estimate of drug-likeness (QED) is 0.189. The molecule has 0 aromatic rings. The highest BCUT2D eigenvalue weighted by Gasteiger charge is 2.20. The predicted molar refractivity (Wildman–Crippen MR) is 127 cm³/mol. The first-order valence-corrected chi connectivity index (χ1v) is 9.90. The maximum Gasteiger partial charge on any atom is 0.191 e. The Morgan fingerprint density at radius 2 is 1.81 bits per heavy atom. The summed E-state index contributed by atoms with van der Waals surface area (Å²) >= 11 is 0. The van der Waals surface area contributed by atoms with Crippen LogP contribution < -0.4 is 10.6 Å². The maximum absolute atomic E-state index is 5.40. The summed E-state index contributed by atoms with van der Waals surface area (Å²) in [7, 11) is 0. The molecule has 1 saturated heterocycles. The van der Waals surface area contributed by atoms with E-state index in [-0.39, 0.29) is 24.0 Å². The van der Waals surface area contributed by atoms with E-state index in [0.717, 1.165) is 71.5 Å². The molecule has 0 radical (unpaired) electrons. The summed E-state index contributed by atoms with van der Waals surface area (Å²) in [6.07, 6.45) is 3.91. The number of hydrogen-bond donors (Lipinski definition) is 2. The van der Waals surface area contributed by atoms with Gasteiger partial charge in [-0.3, -0.25) is 14.8 Å². The predicted octanol–water partition coefficient (Wildman–Crippen LogP) is 2.19. The fourth-order valence-corrected chi connectivity index (χ4v) is 3.11. The van der Waals surface area contributed by atoms with Gasteiger partial charge in [0.05, 0.1) is 19.8 Å². The van der Waals surface area contributed by atoms with Crippen molar-refractivity contribution in [1.82, 2.24) is 20.4 Å². The van der Waals surface area contributed by atoms with Gasteiger partial charge in [0.25, 0.3) is 0 Å². The highest BCUT2D eigenvalue weighted by atomic mass is 127. The lowest BCUT2D eigenvalue weighted by Gasteiger charge is -2.32. The van der Waals surface area contributed by atoms with Crippen LogP contribution in [0.3, 0.4) is 0 Å². The molecule has 158 valence electrons. The first kappa shape index (κ1) is 26.4. The average Bonchev–Trinajstić information content (AvgIpc) is 2.62. The number of halogens is 1. The Morgan fingerprint density at radius 3 is 2.33 bits per heavy atom. The van der Waals surface area contributed by atoms with E-state index in [1.54, 1.807) is 0 Å². The molecule has 0 aliphatic carbocycles. The molecule has 1 heterocycles. The lowest BCUT2D eigenvalue weighted by Crippen LogP contribution is -2.46. The standard InChI is InChI=1S/C20H39N5O.HI/c1-6-10-25(11-7-2)19(18(4)5)17-23-20(21-8-3)22-9-12-24-13-15-26-16-14-24;/h6-7,18-19H,1-2,8-17H2,3-5H3,(H2,21,22,23);1H. The fraction of sp³-hybridized carbons (Fsp3) is 0.750. The smallest absolute Gasteiger partial charge is 0.191 e. The Labute approximate surface area is 183 Å². The number of guanidine groups is 1. The zero-order valence-corrected chi connectivity index (χ0v) is 19.8. The fourth-order valence-electron chi connectivity index (χ4n) is 3.11. The van der Waals surface area contributed by atoms with Crippen molar-refractivity contribution in [2.45, 2.75) is 26.8 Å². The minimum atomic E-state index is 0. The zero-order chi connectivity index (χ0) is 19.2. The van der Waals surface area contributed by atoms with Crippen LogP contribution in [-0.2, 0) is 4.74 Å². The van der Waals surface area contributed by atoms with E-state index in [9.17, 15) is 0 Å². The second-order valence-electron chi connectivity index (χ2n) is 6.94. The van der Waals surface area contributed by atoms with Crippen molar-refractivity contribution in [2.75, 3.05) is 65.6 Å². The molecule has 0 spiro atoms. The van der Waals surface area contributed by atoms with Gasteiger partial charge >= 0.3 is 0 Å². The molecule has 1 rings (SSSR count). The molecule has 1 aliphatic heterocycles. The van der Waals surface area contributed by atoms with E-state index < -0.39 is 0 Å². The third kappa shape index (κ3) is 11.1. The first-order valence-electron chi connectivity index (χ1n) is 9.90. The van der Waals surface area contributed by atoms with Gasteiger partial charge in [-0.2, -0.15) is 0 Å². The molecule has 0 saturated carbocycles. The lowest BCUT2D eigenvalue weighted by molar-refractivity contribution is 0.0389. The van der Waals surface area contributed by atoms with Crippen molar-refractivity contribution < 1.29 is 4.74 Å². The minimum absolute atomic E-state index is 0. The van der Waals surface area contributed by atoms with Crippen molar-refractivity contribution in [3.63, 3.8) is 0 Å². The van der Waals surface area contributed by atoms with Gasteiger partial charge in [0.1, 0.15) is 0 Å².